The van der Waals surface area contributed by atoms with Gasteiger partial charge in [-0.3, -0.25) is 4.90 Å². The van der Waals surface area contributed by atoms with E-state index in [9.17, 15) is 5.11 Å². The second kappa shape index (κ2) is 6.95. The van der Waals surface area contributed by atoms with Gasteiger partial charge in [0.15, 0.2) is 0 Å². The van der Waals surface area contributed by atoms with Gasteiger partial charge in [0, 0.05) is 27.5 Å². The molecule has 0 unspecified atom stereocenters. The van der Waals surface area contributed by atoms with Gasteiger partial charge in [0.1, 0.15) is 5.75 Å². The van der Waals surface area contributed by atoms with E-state index in [-0.39, 0.29) is 0 Å². The Morgan fingerprint density at radius 3 is 2.95 bits per heavy atom. The highest BCUT2D eigenvalue weighted by Crippen LogP contribution is 2.35. The van der Waals surface area contributed by atoms with Crippen LogP contribution in [0.2, 0.25) is 0 Å². The summed E-state index contributed by atoms with van der Waals surface area (Å²) in [5.74, 6) is 0.396. The molecule has 0 bridgehead atoms. The predicted octanol–water partition coefficient (Wildman–Crippen LogP) is 5.33. The molecule has 1 aliphatic heterocycles. The van der Waals surface area contributed by atoms with Gasteiger partial charge in [-0.25, -0.2) is 0 Å². The second-order valence-corrected chi connectivity index (χ2v) is 7.52. The first-order chi connectivity index (χ1) is 10.2. The first-order valence-electron chi connectivity index (χ1n) is 7.49. The highest BCUT2D eigenvalue weighted by atomic mass is 79.9. The van der Waals surface area contributed by atoms with Crippen molar-refractivity contribution in [3.63, 3.8) is 0 Å². The molecular formula is C17H20BrNOS. The van der Waals surface area contributed by atoms with E-state index in [0.29, 0.717) is 11.8 Å². The summed E-state index contributed by atoms with van der Waals surface area (Å²) in [6.45, 7) is 1.92. The van der Waals surface area contributed by atoms with Crippen molar-refractivity contribution < 1.29 is 5.11 Å². The quantitative estimate of drug-likeness (QED) is 0.793. The van der Waals surface area contributed by atoms with Gasteiger partial charge in [-0.05, 0) is 49.0 Å². The third kappa shape index (κ3) is 3.68. The highest BCUT2D eigenvalue weighted by Gasteiger charge is 2.24. The molecule has 2 nitrogen and oxygen atoms in total. The van der Waals surface area contributed by atoms with Crippen LogP contribution in [-0.4, -0.2) is 16.6 Å². The van der Waals surface area contributed by atoms with Gasteiger partial charge in [-0.2, -0.15) is 0 Å². The topological polar surface area (TPSA) is 23.5 Å². The van der Waals surface area contributed by atoms with E-state index < -0.39 is 0 Å². The van der Waals surface area contributed by atoms with Crippen molar-refractivity contribution in [3.8, 4) is 5.75 Å². The molecule has 0 radical (unpaired) electrons. The SMILES string of the molecule is Oc1ccc(Br)cc1CN1CCCCC[C@H]1c1cccs1. The fraction of sp³-hybridized carbons (Fsp3) is 0.412. The van der Waals surface area contributed by atoms with Crippen LogP contribution < -0.4 is 0 Å². The minimum absolute atomic E-state index is 0.396. The lowest BCUT2D eigenvalue weighted by molar-refractivity contribution is 0.193. The first kappa shape index (κ1) is 15.1. The molecule has 0 aliphatic carbocycles. The van der Waals surface area contributed by atoms with E-state index in [1.54, 1.807) is 6.07 Å². The van der Waals surface area contributed by atoms with E-state index in [4.69, 9.17) is 0 Å². The summed E-state index contributed by atoms with van der Waals surface area (Å²) in [7, 11) is 0. The molecule has 2 aromatic rings. The molecule has 1 aromatic heterocycles. The molecule has 21 heavy (non-hydrogen) atoms. The maximum Gasteiger partial charge on any atom is 0.120 e. The van der Waals surface area contributed by atoms with Crippen molar-refractivity contribution >= 4 is 27.3 Å². The minimum Gasteiger partial charge on any atom is -0.508 e. The van der Waals surface area contributed by atoms with E-state index >= 15 is 0 Å². The number of hydrogen-bond acceptors (Lipinski definition) is 3. The van der Waals surface area contributed by atoms with Crippen LogP contribution >= 0.6 is 27.3 Å². The Balaban J connectivity index is 1.84. The smallest absolute Gasteiger partial charge is 0.120 e. The molecule has 1 atom stereocenters. The summed E-state index contributed by atoms with van der Waals surface area (Å²) in [5.41, 5.74) is 1.01. The third-order valence-electron chi connectivity index (χ3n) is 4.15. The van der Waals surface area contributed by atoms with Crippen LogP contribution in [0.15, 0.2) is 40.2 Å². The standard InChI is InChI=1S/C17H20BrNOS/c18-14-7-8-16(20)13(11-14)12-19-9-3-1-2-5-15(19)17-6-4-10-21-17/h4,6-8,10-11,15,20H,1-3,5,9,12H2/t15-/m0/s1. The number of phenols is 1. The molecule has 112 valence electrons. The largest absolute Gasteiger partial charge is 0.508 e. The normalized spacial score (nSPS) is 20.3. The zero-order valence-corrected chi connectivity index (χ0v) is 14.4. The van der Waals surface area contributed by atoms with Gasteiger partial charge < -0.3 is 5.11 Å². The summed E-state index contributed by atoms with van der Waals surface area (Å²) in [6.07, 6.45) is 5.07. The molecule has 0 amide bonds. The second-order valence-electron chi connectivity index (χ2n) is 5.62. The van der Waals surface area contributed by atoms with Crippen LogP contribution in [0.1, 0.15) is 42.2 Å². The number of likely N-dealkylation sites (tertiary alicyclic amines) is 1. The van der Waals surface area contributed by atoms with E-state index in [0.717, 1.165) is 23.1 Å². The van der Waals surface area contributed by atoms with Crippen molar-refractivity contribution in [2.45, 2.75) is 38.3 Å². The van der Waals surface area contributed by atoms with E-state index in [2.05, 4.69) is 38.3 Å². The van der Waals surface area contributed by atoms with Crippen LogP contribution in [-0.2, 0) is 6.54 Å². The molecule has 0 spiro atoms. The van der Waals surface area contributed by atoms with Crippen LogP contribution in [0, 0.1) is 0 Å². The highest BCUT2D eigenvalue weighted by molar-refractivity contribution is 9.10. The van der Waals surface area contributed by atoms with Crippen LogP contribution in [0.25, 0.3) is 0 Å². The van der Waals surface area contributed by atoms with Crippen molar-refractivity contribution in [3.05, 3.63) is 50.6 Å². The van der Waals surface area contributed by atoms with Crippen LogP contribution in [0.4, 0.5) is 0 Å². The molecule has 0 saturated carbocycles. The third-order valence-corrected chi connectivity index (χ3v) is 5.62. The fourth-order valence-electron chi connectivity index (χ4n) is 3.06. The molecule has 2 heterocycles. The Kier molecular flexibility index (Phi) is 4.99. The summed E-state index contributed by atoms with van der Waals surface area (Å²) < 4.78 is 1.03. The predicted molar refractivity (Wildman–Crippen MR) is 91.7 cm³/mol. The Hall–Kier alpha value is -0.840. The molecule has 4 heteroatoms. The molecule has 1 aliphatic rings. The van der Waals surface area contributed by atoms with Crippen molar-refractivity contribution in [2.24, 2.45) is 0 Å². The molecule has 1 fully saturated rings. The summed E-state index contributed by atoms with van der Waals surface area (Å²) in [6, 6.07) is 10.6. The van der Waals surface area contributed by atoms with E-state index in [1.807, 2.05) is 23.5 Å². The van der Waals surface area contributed by atoms with E-state index in [1.165, 1.54) is 30.6 Å². The lowest BCUT2D eigenvalue weighted by Gasteiger charge is -2.29. The fourth-order valence-corrected chi connectivity index (χ4v) is 4.36. The number of thiophene rings is 1. The summed E-state index contributed by atoms with van der Waals surface area (Å²) >= 11 is 5.35. The number of halogens is 1. The lowest BCUT2D eigenvalue weighted by atomic mass is 10.1. The van der Waals surface area contributed by atoms with Crippen LogP contribution in [0.3, 0.4) is 0 Å². The zero-order chi connectivity index (χ0) is 14.7. The molecule has 3 rings (SSSR count). The van der Waals surface area contributed by atoms with Gasteiger partial charge in [-0.1, -0.05) is 34.8 Å². The minimum atomic E-state index is 0.396. The van der Waals surface area contributed by atoms with Crippen LogP contribution in [0.5, 0.6) is 5.75 Å². The molecule has 1 aromatic carbocycles. The molecule has 1 N–H and O–H groups in total. The monoisotopic (exact) mass is 365 g/mol. The Bertz CT molecular complexity index is 584. The van der Waals surface area contributed by atoms with Crippen molar-refractivity contribution in [2.75, 3.05) is 6.54 Å². The van der Waals surface area contributed by atoms with Crippen molar-refractivity contribution in [1.82, 2.24) is 4.90 Å². The Morgan fingerprint density at radius 1 is 1.24 bits per heavy atom. The van der Waals surface area contributed by atoms with Gasteiger partial charge in [-0.15, -0.1) is 11.3 Å². The maximum absolute atomic E-state index is 10.1. The lowest BCUT2D eigenvalue weighted by Crippen LogP contribution is -2.27. The number of rotatable bonds is 3. The number of aromatic hydroxyl groups is 1. The van der Waals surface area contributed by atoms with Gasteiger partial charge in [0.05, 0.1) is 0 Å². The average Bonchev–Trinajstić information content (AvgIpc) is 2.90. The van der Waals surface area contributed by atoms with Gasteiger partial charge >= 0.3 is 0 Å². The summed E-state index contributed by atoms with van der Waals surface area (Å²) in [5, 5.41) is 12.3. The Labute approximate surface area is 138 Å². The maximum atomic E-state index is 10.1. The number of hydrogen-bond donors (Lipinski definition) is 1. The summed E-state index contributed by atoms with van der Waals surface area (Å²) in [4.78, 5) is 3.98. The van der Waals surface area contributed by atoms with Crippen molar-refractivity contribution in [1.29, 1.82) is 0 Å². The number of phenolic OH excluding ortho intramolecular Hbond substituents is 1. The number of benzene rings is 1. The first-order valence-corrected chi connectivity index (χ1v) is 9.16. The molecule has 1 saturated heterocycles. The van der Waals surface area contributed by atoms with Gasteiger partial charge in [0.25, 0.3) is 0 Å². The molecular weight excluding hydrogens is 346 g/mol. The zero-order valence-electron chi connectivity index (χ0n) is 12.0. The number of nitrogens with zero attached hydrogens (tertiary/aromatic N) is 1. The Morgan fingerprint density at radius 2 is 2.14 bits per heavy atom. The average molecular weight is 366 g/mol. The van der Waals surface area contributed by atoms with Gasteiger partial charge in [0.2, 0.25) is 0 Å².